The van der Waals surface area contributed by atoms with Crippen LogP contribution in [0, 0.1) is 11.3 Å². The van der Waals surface area contributed by atoms with Crippen LogP contribution in [-0.4, -0.2) is 18.9 Å². The van der Waals surface area contributed by atoms with E-state index < -0.39 is 16.0 Å². The molecule has 0 radical (unpaired) electrons. The predicted octanol–water partition coefficient (Wildman–Crippen LogP) is 3.54. The molecular weight excluding hydrogens is 378 g/mol. The summed E-state index contributed by atoms with van der Waals surface area (Å²) in [5.74, 6) is -0.719. The van der Waals surface area contributed by atoms with E-state index in [1.54, 1.807) is 6.07 Å². The lowest BCUT2D eigenvalue weighted by Gasteiger charge is -2.07. The van der Waals surface area contributed by atoms with E-state index in [0.29, 0.717) is 5.69 Å². The summed E-state index contributed by atoms with van der Waals surface area (Å²) in [4.78, 5) is 11.9. The molecule has 0 saturated heterocycles. The lowest BCUT2D eigenvalue weighted by atomic mass is 10.1. The summed E-state index contributed by atoms with van der Waals surface area (Å²) in [5, 5.41) is 16.7. The van der Waals surface area contributed by atoms with Gasteiger partial charge in [0, 0.05) is 17.6 Å². The Hall–Kier alpha value is -3.67. The number of benzene rings is 3. The predicted molar refractivity (Wildman–Crippen MR) is 106 cm³/mol. The molecule has 140 valence electrons. The van der Waals surface area contributed by atoms with Crippen LogP contribution < -0.4 is 10.6 Å². The van der Waals surface area contributed by atoms with Gasteiger partial charge in [0.05, 0.1) is 4.90 Å². The van der Waals surface area contributed by atoms with Crippen molar-refractivity contribution in [2.75, 3.05) is 10.6 Å². The number of rotatable bonds is 5. The van der Waals surface area contributed by atoms with Gasteiger partial charge in [0.1, 0.15) is 11.6 Å². The van der Waals surface area contributed by atoms with Gasteiger partial charge in [-0.05, 0) is 41.1 Å². The van der Waals surface area contributed by atoms with Crippen LogP contribution in [0.2, 0.25) is 0 Å². The van der Waals surface area contributed by atoms with Gasteiger partial charge >= 0.3 is 0 Å². The van der Waals surface area contributed by atoms with Crippen LogP contribution in [0.25, 0.3) is 10.8 Å². The van der Waals surface area contributed by atoms with Crippen LogP contribution in [0.3, 0.4) is 0 Å². The molecule has 1 amide bonds. The Morgan fingerprint density at radius 2 is 1.71 bits per heavy atom. The SMILES string of the molecule is N#C/C(=C/Nc1ccc2ccccc2c1)C(=O)Nc1cccc(S(=O)(=O)O)c1. The number of carbonyl (C=O) groups excluding carboxylic acids is 1. The molecule has 3 aromatic rings. The molecule has 28 heavy (non-hydrogen) atoms. The van der Waals surface area contributed by atoms with E-state index in [0.717, 1.165) is 16.8 Å². The lowest BCUT2D eigenvalue weighted by molar-refractivity contribution is -0.112. The molecule has 0 aliphatic heterocycles. The van der Waals surface area contributed by atoms with Crippen LogP contribution in [0.4, 0.5) is 11.4 Å². The normalized spacial score (nSPS) is 11.6. The van der Waals surface area contributed by atoms with Crippen molar-refractivity contribution in [2.24, 2.45) is 0 Å². The standard InChI is InChI=1S/C20H15N3O4S/c21-12-16(13-22-17-9-8-14-4-1-2-5-15(14)10-17)20(24)23-18-6-3-7-19(11-18)28(25,26)27/h1-11,13,22H,(H,23,24)(H,25,26,27)/b16-13-. The third kappa shape index (κ3) is 4.54. The smallest absolute Gasteiger partial charge is 0.294 e. The Morgan fingerprint density at radius 1 is 0.964 bits per heavy atom. The van der Waals surface area contributed by atoms with Crippen LogP contribution in [0.5, 0.6) is 0 Å². The van der Waals surface area contributed by atoms with Crippen LogP contribution in [-0.2, 0) is 14.9 Å². The fourth-order valence-corrected chi connectivity index (χ4v) is 3.04. The van der Waals surface area contributed by atoms with E-state index >= 15 is 0 Å². The highest BCUT2D eigenvalue weighted by Gasteiger charge is 2.13. The van der Waals surface area contributed by atoms with Crippen molar-refractivity contribution in [3.63, 3.8) is 0 Å². The number of hydrogen-bond acceptors (Lipinski definition) is 5. The van der Waals surface area contributed by atoms with Gasteiger partial charge in [-0.3, -0.25) is 9.35 Å². The van der Waals surface area contributed by atoms with Gasteiger partial charge in [-0.25, -0.2) is 0 Å². The number of nitriles is 1. The highest BCUT2D eigenvalue weighted by atomic mass is 32.2. The second kappa shape index (κ2) is 7.92. The Balaban J connectivity index is 1.76. The highest BCUT2D eigenvalue weighted by Crippen LogP contribution is 2.19. The van der Waals surface area contributed by atoms with E-state index in [9.17, 15) is 18.5 Å². The average Bonchev–Trinajstić information content (AvgIpc) is 2.68. The molecule has 7 nitrogen and oxygen atoms in total. The zero-order valence-corrected chi connectivity index (χ0v) is 15.3. The second-order valence-electron chi connectivity index (χ2n) is 5.83. The minimum Gasteiger partial charge on any atom is -0.360 e. The van der Waals surface area contributed by atoms with Crippen molar-refractivity contribution in [3.05, 3.63) is 78.5 Å². The molecule has 0 aliphatic rings. The van der Waals surface area contributed by atoms with Gasteiger partial charge in [-0.1, -0.05) is 36.4 Å². The summed E-state index contributed by atoms with van der Waals surface area (Å²) < 4.78 is 31.4. The Morgan fingerprint density at radius 3 is 2.43 bits per heavy atom. The average molecular weight is 393 g/mol. The molecule has 0 aromatic heterocycles. The molecule has 0 unspecified atom stereocenters. The molecule has 0 spiro atoms. The Bertz CT molecular complexity index is 1230. The first-order chi connectivity index (χ1) is 13.4. The molecule has 0 bridgehead atoms. The molecule has 3 N–H and O–H groups in total. The Labute approximate surface area is 161 Å². The zero-order valence-electron chi connectivity index (χ0n) is 14.5. The van der Waals surface area contributed by atoms with E-state index in [1.165, 1.54) is 24.4 Å². The number of fused-ring (bicyclic) bond motifs is 1. The first-order valence-electron chi connectivity index (χ1n) is 8.11. The van der Waals surface area contributed by atoms with Crippen molar-refractivity contribution in [1.29, 1.82) is 5.26 Å². The second-order valence-corrected chi connectivity index (χ2v) is 7.25. The number of nitrogens with zero attached hydrogens (tertiary/aromatic N) is 1. The van der Waals surface area contributed by atoms with Gasteiger partial charge in [0.2, 0.25) is 0 Å². The Kier molecular flexibility index (Phi) is 5.40. The van der Waals surface area contributed by atoms with Gasteiger partial charge < -0.3 is 10.6 Å². The monoisotopic (exact) mass is 393 g/mol. The first-order valence-corrected chi connectivity index (χ1v) is 9.55. The highest BCUT2D eigenvalue weighted by molar-refractivity contribution is 7.85. The number of anilines is 2. The van der Waals surface area contributed by atoms with Crippen LogP contribution in [0.1, 0.15) is 0 Å². The van der Waals surface area contributed by atoms with Crippen LogP contribution >= 0.6 is 0 Å². The quantitative estimate of drug-likeness (QED) is 0.346. The molecule has 0 aliphatic carbocycles. The van der Waals surface area contributed by atoms with Crippen molar-refractivity contribution in [1.82, 2.24) is 0 Å². The van der Waals surface area contributed by atoms with E-state index in [4.69, 9.17) is 4.55 Å². The fourth-order valence-electron chi connectivity index (χ4n) is 2.52. The summed E-state index contributed by atoms with van der Waals surface area (Å²) in [6.07, 6.45) is 1.27. The molecule has 0 atom stereocenters. The molecule has 0 fully saturated rings. The van der Waals surface area contributed by atoms with E-state index in [1.807, 2.05) is 42.5 Å². The lowest BCUT2D eigenvalue weighted by Crippen LogP contribution is -2.15. The number of nitrogens with one attached hydrogen (secondary N) is 2. The van der Waals surface area contributed by atoms with Gasteiger partial charge in [0.25, 0.3) is 16.0 Å². The maximum absolute atomic E-state index is 12.3. The third-order valence-corrected chi connectivity index (χ3v) is 4.74. The van der Waals surface area contributed by atoms with E-state index in [2.05, 4.69) is 10.6 Å². The van der Waals surface area contributed by atoms with Gasteiger partial charge in [-0.2, -0.15) is 13.7 Å². The summed E-state index contributed by atoms with van der Waals surface area (Å²) >= 11 is 0. The molecular formula is C20H15N3O4S. The fraction of sp³-hybridized carbons (Fsp3) is 0. The molecule has 3 aromatic carbocycles. The molecule has 3 rings (SSSR count). The molecule has 0 saturated carbocycles. The number of carbonyl (C=O) groups is 1. The van der Waals surface area contributed by atoms with Crippen molar-refractivity contribution >= 4 is 38.2 Å². The minimum atomic E-state index is -4.39. The largest absolute Gasteiger partial charge is 0.360 e. The summed E-state index contributed by atoms with van der Waals surface area (Å²) in [6.45, 7) is 0. The van der Waals surface area contributed by atoms with Crippen LogP contribution in [0.15, 0.2) is 83.4 Å². The number of amides is 1. The molecule has 0 heterocycles. The summed E-state index contributed by atoms with van der Waals surface area (Å²) in [7, 11) is -4.39. The minimum absolute atomic E-state index is 0.131. The van der Waals surface area contributed by atoms with Gasteiger partial charge in [-0.15, -0.1) is 0 Å². The van der Waals surface area contributed by atoms with Gasteiger partial charge in [0.15, 0.2) is 0 Å². The number of hydrogen-bond donors (Lipinski definition) is 3. The van der Waals surface area contributed by atoms with Crippen molar-refractivity contribution in [2.45, 2.75) is 4.90 Å². The maximum atomic E-state index is 12.3. The van der Waals surface area contributed by atoms with E-state index in [-0.39, 0.29) is 16.2 Å². The molecule has 8 heteroatoms. The van der Waals surface area contributed by atoms with Crippen molar-refractivity contribution in [3.8, 4) is 6.07 Å². The van der Waals surface area contributed by atoms with Crippen molar-refractivity contribution < 1.29 is 17.8 Å². The third-order valence-electron chi connectivity index (χ3n) is 3.89. The first kappa shape index (κ1) is 19.1. The topological polar surface area (TPSA) is 119 Å². The zero-order chi connectivity index (χ0) is 20.1. The maximum Gasteiger partial charge on any atom is 0.294 e. The summed E-state index contributed by atoms with van der Waals surface area (Å²) in [6, 6.07) is 20.3. The summed E-state index contributed by atoms with van der Waals surface area (Å²) in [5.41, 5.74) is 0.630.